The molecule has 0 spiro atoms. The largest absolute Gasteiger partial charge is 1.00 e. The van der Waals surface area contributed by atoms with Crippen molar-refractivity contribution in [1.82, 2.24) is 9.62 Å². The Labute approximate surface area is 197 Å². The summed E-state index contributed by atoms with van der Waals surface area (Å²) >= 11 is 0. The van der Waals surface area contributed by atoms with Crippen LogP contribution in [0.2, 0.25) is 0 Å². The molecule has 30 heavy (non-hydrogen) atoms. The van der Waals surface area contributed by atoms with Crippen molar-refractivity contribution < 1.29 is 63.1 Å². The number of nitrogens with zero attached hydrogens (tertiary/aromatic N) is 1. The molecule has 1 aliphatic heterocycles. The number of esters is 1. The molecule has 9 nitrogen and oxygen atoms in total. The molecule has 0 saturated carbocycles. The van der Waals surface area contributed by atoms with Gasteiger partial charge in [0.15, 0.2) is 5.92 Å². The summed E-state index contributed by atoms with van der Waals surface area (Å²) in [6.07, 6.45) is 0. The Bertz CT molecular complexity index is 1020. The fourth-order valence-electron chi connectivity index (χ4n) is 2.82. The van der Waals surface area contributed by atoms with E-state index in [1.54, 1.807) is 54.6 Å². The van der Waals surface area contributed by atoms with E-state index in [9.17, 15) is 22.8 Å². The smallest absolute Gasteiger partial charge is 1.00 e. The zero-order chi connectivity index (χ0) is 21.0. The van der Waals surface area contributed by atoms with Gasteiger partial charge in [0.2, 0.25) is 5.91 Å². The van der Waals surface area contributed by atoms with Crippen LogP contribution in [0.25, 0.3) is 0 Å². The summed E-state index contributed by atoms with van der Waals surface area (Å²) in [5, 5.41) is 2.34. The second-order valence-electron chi connectivity index (χ2n) is 6.35. The summed E-state index contributed by atoms with van der Waals surface area (Å²) in [7, 11) is -4.67. The molecule has 3 rings (SSSR count). The van der Waals surface area contributed by atoms with Crippen LogP contribution in [0.4, 0.5) is 0 Å². The number of rotatable bonds is 7. The summed E-state index contributed by atoms with van der Waals surface area (Å²) in [4.78, 5) is 37.2. The minimum Gasteiger partial charge on any atom is -1.00 e. The molecule has 2 aromatic rings. The van der Waals surface area contributed by atoms with Gasteiger partial charge in [0.1, 0.15) is 12.6 Å². The Morgan fingerprint density at radius 2 is 1.70 bits per heavy atom. The fourth-order valence-corrected chi connectivity index (χ4v) is 3.51. The van der Waals surface area contributed by atoms with Crippen LogP contribution in [0.15, 0.2) is 60.7 Å². The first-order valence-electron chi connectivity index (χ1n) is 8.62. The van der Waals surface area contributed by atoms with Gasteiger partial charge < -0.3 is 11.5 Å². The topological polar surface area (TPSA) is 130 Å². The molecule has 1 aliphatic rings. The third-order valence-electron chi connectivity index (χ3n) is 4.34. The van der Waals surface area contributed by atoms with E-state index >= 15 is 0 Å². The molecule has 2 aromatic carbocycles. The molecule has 11 heteroatoms. The van der Waals surface area contributed by atoms with Gasteiger partial charge >= 0.3 is 45.8 Å². The maximum atomic E-state index is 12.7. The molecule has 2 N–H and O–H groups in total. The minimum atomic E-state index is -4.67. The number of hydrogen-bond acceptors (Lipinski definition) is 6. The number of hydrogen-bond donors (Lipinski definition) is 2. The number of carbonyl (C=O) groups excluding carboxylic acids is 3. The maximum Gasteiger partial charge on any atom is 1.00 e. The van der Waals surface area contributed by atoms with Gasteiger partial charge in [0, 0.05) is 0 Å². The number of ether oxygens (including phenoxy) is 1. The number of nitrogens with one attached hydrogen (secondary N) is 1. The van der Waals surface area contributed by atoms with E-state index in [0.29, 0.717) is 5.56 Å². The maximum absolute atomic E-state index is 12.7. The first-order valence-corrected chi connectivity index (χ1v) is 10.0. The molecule has 2 unspecified atom stereocenters. The van der Waals surface area contributed by atoms with Crippen LogP contribution < -0.4 is 34.9 Å². The molecule has 0 aromatic heterocycles. The van der Waals surface area contributed by atoms with Gasteiger partial charge in [-0.2, -0.15) is 8.42 Å². The van der Waals surface area contributed by atoms with Crippen LogP contribution >= 0.6 is 0 Å². The van der Waals surface area contributed by atoms with Crippen molar-refractivity contribution in [2.24, 2.45) is 0 Å². The third kappa shape index (κ3) is 5.67. The van der Waals surface area contributed by atoms with Gasteiger partial charge in [0.25, 0.3) is 5.91 Å². The summed E-state index contributed by atoms with van der Waals surface area (Å²) in [5.41, 5.74) is 1.10. The average molecular weight is 442 g/mol. The van der Waals surface area contributed by atoms with Gasteiger partial charge in [-0.3, -0.25) is 18.9 Å². The summed E-state index contributed by atoms with van der Waals surface area (Å²) in [6, 6.07) is 15.9. The Kier molecular flexibility index (Phi) is 8.16. The van der Waals surface area contributed by atoms with Gasteiger partial charge in [0.05, 0.1) is 6.54 Å². The van der Waals surface area contributed by atoms with E-state index in [0.717, 1.165) is 5.56 Å². The van der Waals surface area contributed by atoms with Gasteiger partial charge in [-0.05, 0) is 11.1 Å². The molecule has 2 atom stereocenters. The van der Waals surface area contributed by atoms with E-state index in [2.05, 4.69) is 5.32 Å². The minimum absolute atomic E-state index is 0. The van der Waals surface area contributed by atoms with Crippen LogP contribution in [0.5, 0.6) is 0 Å². The standard InChI is InChI=1S/C19H18N2O7S.Na.H/c22-17(20-15-11-21(18(15)23)29(25,26)27)16(14-9-5-2-6-10-14)19(24)28-12-13-7-3-1-4-8-13;;/h1-10,15-16H,11-12H2,(H,20,22)(H,25,26,27);;/q;+1;-1. The van der Waals surface area contributed by atoms with Crippen molar-refractivity contribution in [1.29, 1.82) is 0 Å². The quantitative estimate of drug-likeness (QED) is 0.163. The number of carbonyl (C=O) groups is 3. The zero-order valence-corrected chi connectivity index (χ0v) is 18.9. The summed E-state index contributed by atoms with van der Waals surface area (Å²) < 4.78 is 36.4. The van der Waals surface area contributed by atoms with E-state index in [-0.39, 0.29) is 41.9 Å². The van der Waals surface area contributed by atoms with Gasteiger partial charge in [-0.25, -0.2) is 4.31 Å². The van der Waals surface area contributed by atoms with Crippen molar-refractivity contribution >= 4 is 28.1 Å². The number of benzene rings is 2. The van der Waals surface area contributed by atoms with Crippen molar-refractivity contribution in [2.45, 2.75) is 18.6 Å². The molecule has 0 bridgehead atoms. The second kappa shape index (κ2) is 10.2. The normalized spacial score (nSPS) is 16.6. The molecule has 1 saturated heterocycles. The first kappa shape index (κ1) is 24.0. The number of amides is 2. The van der Waals surface area contributed by atoms with Crippen molar-refractivity contribution in [3.63, 3.8) is 0 Å². The Morgan fingerprint density at radius 1 is 1.13 bits per heavy atom. The number of β-lactam (4-membered cyclic amide) rings is 1. The molecule has 0 aliphatic carbocycles. The van der Waals surface area contributed by atoms with Crippen LogP contribution in [-0.2, 0) is 36.0 Å². The van der Waals surface area contributed by atoms with E-state index in [4.69, 9.17) is 9.29 Å². The van der Waals surface area contributed by atoms with E-state index in [1.165, 1.54) is 0 Å². The van der Waals surface area contributed by atoms with Crippen LogP contribution in [0, 0.1) is 0 Å². The molecule has 2 amide bonds. The monoisotopic (exact) mass is 442 g/mol. The van der Waals surface area contributed by atoms with E-state index in [1.807, 2.05) is 6.07 Å². The van der Waals surface area contributed by atoms with Gasteiger partial charge in [-0.15, -0.1) is 0 Å². The zero-order valence-electron chi connectivity index (χ0n) is 17.1. The van der Waals surface area contributed by atoms with Crippen molar-refractivity contribution in [3.05, 3.63) is 71.8 Å². The first-order chi connectivity index (χ1) is 13.8. The Morgan fingerprint density at radius 3 is 2.23 bits per heavy atom. The molecule has 154 valence electrons. The Hall–Kier alpha value is -2.24. The molecule has 1 fully saturated rings. The molecular formula is C19H19N2NaO7S. The SMILES string of the molecule is O=C(NC1CN(S(=O)(=O)O)C1=O)C(C(=O)OCc1ccccc1)c1ccccc1.[H-].[Na+]. The van der Waals surface area contributed by atoms with Gasteiger partial charge in [-0.1, -0.05) is 60.7 Å². The van der Waals surface area contributed by atoms with Crippen LogP contribution in [0.3, 0.4) is 0 Å². The average Bonchev–Trinajstić information content (AvgIpc) is 2.70. The predicted molar refractivity (Wildman–Crippen MR) is 102 cm³/mol. The van der Waals surface area contributed by atoms with Crippen LogP contribution in [-0.4, -0.2) is 47.6 Å². The van der Waals surface area contributed by atoms with E-state index < -0.39 is 46.6 Å². The third-order valence-corrected chi connectivity index (χ3v) is 5.23. The molecular weight excluding hydrogens is 423 g/mol. The van der Waals surface area contributed by atoms with Crippen molar-refractivity contribution in [3.8, 4) is 0 Å². The predicted octanol–water partition coefficient (Wildman–Crippen LogP) is -2.24. The fraction of sp³-hybridized carbons (Fsp3) is 0.211. The summed E-state index contributed by atoms with van der Waals surface area (Å²) in [6.45, 7) is -0.445. The second-order valence-corrected chi connectivity index (χ2v) is 7.68. The molecule has 1 heterocycles. The van der Waals surface area contributed by atoms with Crippen LogP contribution in [0.1, 0.15) is 18.5 Å². The van der Waals surface area contributed by atoms with Crippen molar-refractivity contribution in [2.75, 3.05) is 6.54 Å². The molecule has 0 radical (unpaired) electrons. The Balaban J connectivity index is 0.00000240. The summed E-state index contributed by atoms with van der Waals surface area (Å²) in [5.74, 6) is -3.93.